The van der Waals surface area contributed by atoms with Gasteiger partial charge in [-0.3, -0.25) is 4.79 Å². The van der Waals surface area contributed by atoms with Crippen molar-refractivity contribution in [3.8, 4) is 5.75 Å². The lowest BCUT2D eigenvalue weighted by molar-refractivity contribution is 0.216. The van der Waals surface area contributed by atoms with Gasteiger partial charge in [0.25, 0.3) is 5.56 Å². The highest BCUT2D eigenvalue weighted by atomic mass is 79.9. The van der Waals surface area contributed by atoms with Crippen LogP contribution in [0, 0.1) is 0 Å². The van der Waals surface area contributed by atoms with Gasteiger partial charge in [-0.1, -0.05) is 29.8 Å². The van der Waals surface area contributed by atoms with E-state index in [0.717, 1.165) is 26.7 Å². The van der Waals surface area contributed by atoms with Crippen molar-refractivity contribution in [3.63, 3.8) is 0 Å². The Morgan fingerprint density at radius 3 is 2.68 bits per heavy atom. The van der Waals surface area contributed by atoms with Gasteiger partial charge in [-0.05, 0) is 71.2 Å². The number of ether oxygens (including phenoxy) is 1. The zero-order valence-corrected chi connectivity index (χ0v) is 19.1. The molecule has 2 aromatic carbocycles. The average Bonchev–Trinajstić information content (AvgIpc) is 2.69. The highest BCUT2D eigenvalue weighted by Gasteiger charge is 2.10. The van der Waals surface area contributed by atoms with Crippen molar-refractivity contribution in [2.45, 2.75) is 39.7 Å². The molecule has 1 heterocycles. The first-order valence-corrected chi connectivity index (χ1v) is 10.7. The Morgan fingerprint density at radius 1 is 1.21 bits per heavy atom. The smallest absolute Gasteiger partial charge is 0.282 e. The van der Waals surface area contributed by atoms with Gasteiger partial charge in [0.15, 0.2) is 0 Å². The summed E-state index contributed by atoms with van der Waals surface area (Å²) in [6, 6.07) is 11.2. The highest BCUT2D eigenvalue weighted by molar-refractivity contribution is 9.10. The highest BCUT2D eigenvalue weighted by Crippen LogP contribution is 2.27. The van der Waals surface area contributed by atoms with E-state index in [2.05, 4.69) is 48.9 Å². The first-order chi connectivity index (χ1) is 13.4. The van der Waals surface area contributed by atoms with Crippen molar-refractivity contribution in [3.05, 3.63) is 67.1 Å². The minimum atomic E-state index is -0.185. The zero-order chi connectivity index (χ0) is 20.3. The number of aromatic nitrogens is 2. The van der Waals surface area contributed by atoms with Gasteiger partial charge in [0.2, 0.25) is 0 Å². The predicted molar refractivity (Wildman–Crippen MR) is 121 cm³/mol. The van der Waals surface area contributed by atoms with Crippen LogP contribution in [0.4, 0.5) is 0 Å². The van der Waals surface area contributed by atoms with Crippen LogP contribution in [0.25, 0.3) is 10.9 Å². The molecule has 0 amide bonds. The fourth-order valence-electron chi connectivity index (χ4n) is 2.66. The van der Waals surface area contributed by atoms with Crippen LogP contribution in [0.2, 0.25) is 0 Å². The number of hydrogen-bond acceptors (Lipinski definition) is 4. The van der Waals surface area contributed by atoms with E-state index in [1.165, 1.54) is 4.68 Å². The molecule has 5 nitrogen and oxygen atoms in total. The van der Waals surface area contributed by atoms with Crippen molar-refractivity contribution in [2.75, 3.05) is 0 Å². The molecule has 0 bridgehead atoms. The quantitative estimate of drug-likeness (QED) is 0.412. The van der Waals surface area contributed by atoms with E-state index in [9.17, 15) is 4.79 Å². The van der Waals surface area contributed by atoms with Gasteiger partial charge in [-0.25, -0.2) is 4.98 Å². The first kappa shape index (κ1) is 20.7. The summed E-state index contributed by atoms with van der Waals surface area (Å²) in [4.78, 5) is 17.5. The van der Waals surface area contributed by atoms with Gasteiger partial charge in [-0.2, -0.15) is 9.78 Å². The number of hydrogen-bond donors (Lipinski definition) is 0. The summed E-state index contributed by atoms with van der Waals surface area (Å²) in [7, 11) is 0. The summed E-state index contributed by atoms with van der Waals surface area (Å²) in [5.41, 5.74) is 1.34. The molecule has 7 heteroatoms. The molecule has 1 aromatic heterocycles. The molecule has 146 valence electrons. The molecule has 0 aliphatic carbocycles. The predicted octanol–water partition coefficient (Wildman–Crippen LogP) is 5.54. The van der Waals surface area contributed by atoms with Crippen LogP contribution >= 0.6 is 31.9 Å². The number of benzene rings is 2. The van der Waals surface area contributed by atoms with Crippen molar-refractivity contribution in [1.29, 1.82) is 0 Å². The third kappa shape index (κ3) is 4.52. The van der Waals surface area contributed by atoms with E-state index in [4.69, 9.17) is 4.74 Å². The van der Waals surface area contributed by atoms with Gasteiger partial charge >= 0.3 is 0 Å². The van der Waals surface area contributed by atoms with Crippen LogP contribution in [-0.4, -0.2) is 22.0 Å². The molecule has 0 N–H and O–H groups in total. The molecule has 0 radical (unpaired) electrons. The summed E-state index contributed by atoms with van der Waals surface area (Å²) < 4.78 is 8.91. The van der Waals surface area contributed by atoms with Crippen molar-refractivity contribution in [1.82, 2.24) is 9.66 Å². The SMILES string of the molecule is CCc1nc2ccc(Br)cc2c(=O)n1N=Cc1ccc(O[C@H](C)CC)c(Br)c1. The second kappa shape index (κ2) is 9.01. The fourth-order valence-corrected chi connectivity index (χ4v) is 3.51. The molecule has 0 fully saturated rings. The molecule has 0 saturated heterocycles. The molecule has 0 aliphatic heterocycles. The lowest BCUT2D eigenvalue weighted by Gasteiger charge is -2.14. The maximum atomic E-state index is 12.9. The molecule has 28 heavy (non-hydrogen) atoms. The largest absolute Gasteiger partial charge is 0.490 e. The number of aryl methyl sites for hydroxylation is 1. The van der Waals surface area contributed by atoms with E-state index >= 15 is 0 Å². The third-order valence-electron chi connectivity index (χ3n) is 4.37. The minimum absolute atomic E-state index is 0.143. The topological polar surface area (TPSA) is 56.5 Å². The Hall–Kier alpha value is -1.99. The Balaban J connectivity index is 1.98. The Kier molecular flexibility index (Phi) is 6.67. The second-order valence-corrected chi connectivity index (χ2v) is 8.20. The van der Waals surface area contributed by atoms with Gasteiger partial charge in [-0.15, -0.1) is 0 Å². The number of halogens is 2. The molecule has 3 aromatic rings. The van der Waals surface area contributed by atoms with Crippen molar-refractivity contribution < 1.29 is 4.74 Å². The molecule has 0 spiro atoms. The summed E-state index contributed by atoms with van der Waals surface area (Å²) in [6.07, 6.45) is 3.33. The van der Waals surface area contributed by atoms with E-state index < -0.39 is 0 Å². The summed E-state index contributed by atoms with van der Waals surface area (Å²) >= 11 is 6.95. The van der Waals surface area contributed by atoms with Crippen LogP contribution in [0.15, 0.2) is 55.2 Å². The maximum Gasteiger partial charge on any atom is 0.282 e. The van der Waals surface area contributed by atoms with Crippen molar-refractivity contribution in [2.24, 2.45) is 5.10 Å². The normalized spacial score (nSPS) is 12.6. The van der Waals surface area contributed by atoms with Gasteiger partial charge in [0.1, 0.15) is 11.6 Å². The molecule has 0 unspecified atom stereocenters. The van der Waals surface area contributed by atoms with Gasteiger partial charge < -0.3 is 4.74 Å². The zero-order valence-electron chi connectivity index (χ0n) is 15.9. The molecule has 0 aliphatic rings. The van der Waals surface area contributed by atoms with E-state index in [1.54, 1.807) is 12.3 Å². The third-order valence-corrected chi connectivity index (χ3v) is 5.49. The molecular formula is C21H21Br2N3O2. The van der Waals surface area contributed by atoms with Gasteiger partial charge in [0.05, 0.1) is 27.7 Å². The number of fused-ring (bicyclic) bond motifs is 1. The summed E-state index contributed by atoms with van der Waals surface area (Å²) in [6.45, 7) is 6.07. The number of nitrogens with zero attached hydrogens (tertiary/aromatic N) is 3. The van der Waals surface area contributed by atoms with Crippen LogP contribution < -0.4 is 10.3 Å². The van der Waals surface area contributed by atoms with E-state index in [0.29, 0.717) is 23.1 Å². The molecule has 0 saturated carbocycles. The number of rotatable bonds is 6. The second-order valence-electron chi connectivity index (χ2n) is 6.43. The lowest BCUT2D eigenvalue weighted by atomic mass is 10.2. The summed E-state index contributed by atoms with van der Waals surface area (Å²) in [5, 5.41) is 4.94. The maximum absolute atomic E-state index is 12.9. The van der Waals surface area contributed by atoms with Crippen molar-refractivity contribution >= 4 is 49.0 Å². The Labute approximate surface area is 180 Å². The Bertz CT molecular complexity index is 1090. The fraction of sp³-hybridized carbons (Fsp3) is 0.286. The van der Waals surface area contributed by atoms with Crippen LogP contribution in [0.5, 0.6) is 5.75 Å². The van der Waals surface area contributed by atoms with E-state index in [-0.39, 0.29) is 11.7 Å². The van der Waals surface area contributed by atoms with Gasteiger partial charge in [0, 0.05) is 10.9 Å². The standard InChI is InChI=1S/C21H21Br2N3O2/c1-4-13(3)28-19-9-6-14(10-17(19)23)12-24-26-20(5-2)25-18-8-7-15(22)11-16(18)21(26)27/h6-13H,4-5H2,1-3H3/t13-/m1/s1. The molecule has 3 rings (SSSR count). The van der Waals surface area contributed by atoms with Crippen LogP contribution in [-0.2, 0) is 6.42 Å². The minimum Gasteiger partial charge on any atom is -0.490 e. The molecule has 1 atom stereocenters. The lowest BCUT2D eigenvalue weighted by Crippen LogP contribution is -2.22. The van der Waals surface area contributed by atoms with Crippen LogP contribution in [0.3, 0.4) is 0 Å². The van der Waals surface area contributed by atoms with E-state index in [1.807, 2.05) is 44.2 Å². The first-order valence-electron chi connectivity index (χ1n) is 9.14. The van der Waals surface area contributed by atoms with Crippen LogP contribution in [0.1, 0.15) is 38.6 Å². The summed E-state index contributed by atoms with van der Waals surface area (Å²) in [5.74, 6) is 1.40. The monoisotopic (exact) mass is 505 g/mol. The molecular weight excluding hydrogens is 486 g/mol. The Morgan fingerprint density at radius 2 is 2.00 bits per heavy atom. The average molecular weight is 507 g/mol.